The molecular formula is C16H24BrNO2. The fourth-order valence-electron chi connectivity index (χ4n) is 3.26. The zero-order valence-corrected chi connectivity index (χ0v) is 14.0. The molecule has 1 saturated carbocycles. The molecule has 3 nitrogen and oxygen atoms in total. The summed E-state index contributed by atoms with van der Waals surface area (Å²) in [5, 5.41) is 13.5. The van der Waals surface area contributed by atoms with Crippen LogP contribution in [0, 0.1) is 11.8 Å². The maximum Gasteiger partial charge on any atom is 0.172 e. The molecule has 0 amide bonds. The molecule has 0 aromatic heterocycles. The van der Waals surface area contributed by atoms with E-state index >= 15 is 0 Å². The Morgan fingerprint density at radius 3 is 2.50 bits per heavy atom. The van der Waals surface area contributed by atoms with Gasteiger partial charge in [-0.1, -0.05) is 13.8 Å². The molecule has 0 saturated heterocycles. The van der Waals surface area contributed by atoms with E-state index in [1.165, 1.54) is 19.3 Å². The fraction of sp³-hybridized carbons (Fsp3) is 0.625. The number of methoxy groups -OCH3 is 1. The second-order valence-corrected chi connectivity index (χ2v) is 6.98. The highest BCUT2D eigenvalue weighted by atomic mass is 79.9. The third-order valence-corrected chi connectivity index (χ3v) is 4.69. The first-order valence-electron chi connectivity index (χ1n) is 7.28. The Morgan fingerprint density at radius 1 is 1.25 bits per heavy atom. The molecule has 2 rings (SSSR count). The normalized spacial score (nSPS) is 26.5. The number of hydrogen-bond acceptors (Lipinski definition) is 3. The first-order valence-corrected chi connectivity index (χ1v) is 8.07. The zero-order chi connectivity index (χ0) is 14.7. The van der Waals surface area contributed by atoms with Crippen molar-refractivity contribution in [2.75, 3.05) is 7.11 Å². The Bertz CT molecular complexity index is 454. The maximum absolute atomic E-state index is 9.82. The van der Waals surface area contributed by atoms with E-state index in [0.717, 1.165) is 23.9 Å². The second kappa shape index (κ2) is 6.81. The van der Waals surface area contributed by atoms with Gasteiger partial charge in [0.05, 0.1) is 11.6 Å². The monoisotopic (exact) mass is 341 g/mol. The maximum atomic E-state index is 9.82. The minimum atomic E-state index is 0.163. The number of aromatic hydroxyl groups is 1. The Labute approximate surface area is 129 Å². The van der Waals surface area contributed by atoms with Gasteiger partial charge in [-0.15, -0.1) is 0 Å². The number of ether oxygens (including phenoxy) is 1. The number of nitrogens with one attached hydrogen (secondary N) is 1. The molecule has 1 fully saturated rings. The van der Waals surface area contributed by atoms with Crippen LogP contribution in [0.5, 0.6) is 11.5 Å². The summed E-state index contributed by atoms with van der Waals surface area (Å²) in [5.41, 5.74) is 1.12. The molecule has 2 unspecified atom stereocenters. The number of hydrogen-bond donors (Lipinski definition) is 2. The van der Waals surface area contributed by atoms with Gasteiger partial charge in [-0.3, -0.25) is 0 Å². The molecule has 0 heterocycles. The van der Waals surface area contributed by atoms with Crippen LogP contribution >= 0.6 is 15.9 Å². The Balaban J connectivity index is 1.98. The SMILES string of the molecule is COc1cc(CNC2CC(C)CC(C)C2)cc(Br)c1O. The van der Waals surface area contributed by atoms with Gasteiger partial charge in [-0.2, -0.15) is 0 Å². The van der Waals surface area contributed by atoms with Gasteiger partial charge >= 0.3 is 0 Å². The first kappa shape index (κ1) is 15.6. The molecule has 2 atom stereocenters. The topological polar surface area (TPSA) is 41.5 Å². The van der Waals surface area contributed by atoms with Crippen LogP contribution < -0.4 is 10.1 Å². The second-order valence-electron chi connectivity index (χ2n) is 6.12. The summed E-state index contributed by atoms with van der Waals surface area (Å²) in [6.45, 7) is 5.48. The van der Waals surface area contributed by atoms with E-state index in [1.54, 1.807) is 7.11 Å². The van der Waals surface area contributed by atoms with E-state index in [4.69, 9.17) is 4.74 Å². The Hall–Kier alpha value is -0.740. The number of rotatable bonds is 4. The summed E-state index contributed by atoms with van der Waals surface area (Å²) in [6, 6.07) is 4.43. The van der Waals surface area contributed by atoms with Crippen molar-refractivity contribution >= 4 is 15.9 Å². The van der Waals surface area contributed by atoms with E-state index in [1.807, 2.05) is 12.1 Å². The van der Waals surface area contributed by atoms with Crippen molar-refractivity contribution in [3.8, 4) is 11.5 Å². The Kier molecular flexibility index (Phi) is 5.33. The molecule has 0 spiro atoms. The van der Waals surface area contributed by atoms with Crippen LogP contribution in [0.15, 0.2) is 16.6 Å². The van der Waals surface area contributed by atoms with Crippen molar-refractivity contribution in [2.24, 2.45) is 11.8 Å². The molecule has 112 valence electrons. The highest BCUT2D eigenvalue weighted by molar-refractivity contribution is 9.10. The lowest BCUT2D eigenvalue weighted by Crippen LogP contribution is -2.35. The van der Waals surface area contributed by atoms with E-state index in [-0.39, 0.29) is 5.75 Å². The molecule has 1 aliphatic carbocycles. The third kappa shape index (κ3) is 3.89. The molecular weight excluding hydrogens is 318 g/mol. The molecule has 1 aromatic rings. The van der Waals surface area contributed by atoms with Crippen LogP contribution in [0.3, 0.4) is 0 Å². The van der Waals surface area contributed by atoms with Crippen molar-refractivity contribution < 1.29 is 9.84 Å². The van der Waals surface area contributed by atoms with Gasteiger partial charge in [0.1, 0.15) is 0 Å². The largest absolute Gasteiger partial charge is 0.503 e. The summed E-state index contributed by atoms with van der Waals surface area (Å²) in [4.78, 5) is 0. The number of phenols is 1. The summed E-state index contributed by atoms with van der Waals surface area (Å²) >= 11 is 3.37. The minimum absolute atomic E-state index is 0.163. The number of halogens is 1. The number of benzene rings is 1. The average Bonchev–Trinajstić information content (AvgIpc) is 2.39. The van der Waals surface area contributed by atoms with Gasteiger partial charge in [0.2, 0.25) is 0 Å². The van der Waals surface area contributed by atoms with Gasteiger partial charge in [-0.25, -0.2) is 0 Å². The summed E-state index contributed by atoms with van der Waals surface area (Å²) in [6.07, 6.45) is 3.85. The molecule has 4 heteroatoms. The summed E-state index contributed by atoms with van der Waals surface area (Å²) in [7, 11) is 1.57. The van der Waals surface area contributed by atoms with Crippen LogP contribution in [0.4, 0.5) is 0 Å². The quantitative estimate of drug-likeness (QED) is 0.866. The Morgan fingerprint density at radius 2 is 1.90 bits per heavy atom. The van der Waals surface area contributed by atoms with E-state index in [2.05, 4.69) is 35.1 Å². The molecule has 1 aromatic carbocycles. The van der Waals surface area contributed by atoms with Crippen molar-refractivity contribution in [1.29, 1.82) is 0 Å². The van der Waals surface area contributed by atoms with E-state index in [0.29, 0.717) is 16.3 Å². The molecule has 2 N–H and O–H groups in total. The summed E-state index contributed by atoms with van der Waals surface area (Å²) in [5.74, 6) is 2.28. The average molecular weight is 342 g/mol. The van der Waals surface area contributed by atoms with Crippen molar-refractivity contribution in [2.45, 2.75) is 45.7 Å². The first-order chi connectivity index (χ1) is 9.49. The van der Waals surface area contributed by atoms with Crippen LogP contribution in [0.2, 0.25) is 0 Å². The van der Waals surface area contributed by atoms with Gasteiger partial charge in [0.15, 0.2) is 11.5 Å². The molecule has 20 heavy (non-hydrogen) atoms. The lowest BCUT2D eigenvalue weighted by Gasteiger charge is -2.32. The van der Waals surface area contributed by atoms with Crippen molar-refractivity contribution in [3.05, 3.63) is 22.2 Å². The van der Waals surface area contributed by atoms with E-state index < -0.39 is 0 Å². The van der Waals surface area contributed by atoms with E-state index in [9.17, 15) is 5.11 Å². The van der Waals surface area contributed by atoms with Crippen LogP contribution in [0.25, 0.3) is 0 Å². The lowest BCUT2D eigenvalue weighted by atomic mass is 9.80. The van der Waals surface area contributed by atoms with Gasteiger partial charge in [0.25, 0.3) is 0 Å². The molecule has 0 aliphatic heterocycles. The third-order valence-electron chi connectivity index (χ3n) is 4.08. The van der Waals surface area contributed by atoms with Crippen LogP contribution in [-0.2, 0) is 6.54 Å². The highest BCUT2D eigenvalue weighted by Crippen LogP contribution is 2.35. The number of phenolic OH excluding ortho intramolecular Hbond substituents is 1. The lowest BCUT2D eigenvalue weighted by molar-refractivity contribution is 0.238. The fourth-order valence-corrected chi connectivity index (χ4v) is 3.75. The van der Waals surface area contributed by atoms with Gasteiger partial charge < -0.3 is 15.2 Å². The van der Waals surface area contributed by atoms with Gasteiger partial charge in [-0.05, 0) is 64.7 Å². The predicted molar refractivity (Wildman–Crippen MR) is 85.2 cm³/mol. The highest BCUT2D eigenvalue weighted by Gasteiger charge is 2.23. The van der Waals surface area contributed by atoms with Gasteiger partial charge in [0, 0.05) is 12.6 Å². The zero-order valence-electron chi connectivity index (χ0n) is 12.4. The molecule has 0 radical (unpaired) electrons. The smallest absolute Gasteiger partial charge is 0.172 e. The summed E-state index contributed by atoms with van der Waals surface area (Å²) < 4.78 is 5.86. The van der Waals surface area contributed by atoms with Crippen molar-refractivity contribution in [1.82, 2.24) is 5.32 Å². The van der Waals surface area contributed by atoms with Crippen LogP contribution in [-0.4, -0.2) is 18.3 Å². The molecule has 0 bridgehead atoms. The van der Waals surface area contributed by atoms with Crippen LogP contribution in [0.1, 0.15) is 38.7 Å². The molecule has 1 aliphatic rings. The van der Waals surface area contributed by atoms with Crippen molar-refractivity contribution in [3.63, 3.8) is 0 Å². The predicted octanol–water partition coefficient (Wildman–Crippen LogP) is 4.08. The standard InChI is InChI=1S/C16H24BrNO2/c1-10-4-11(2)6-13(5-10)18-9-12-7-14(17)16(19)15(8-12)20-3/h7-8,10-11,13,18-19H,4-6,9H2,1-3H3. The minimum Gasteiger partial charge on any atom is -0.503 e.